The number of aliphatic imine (C=N–C) groups is 1. The highest BCUT2D eigenvalue weighted by molar-refractivity contribution is 9.10. The SMILES string of the molecule is Clc1ccc(Br)c(C2=NC=CCC2)c1. The van der Waals surface area contributed by atoms with Crippen LogP contribution >= 0.6 is 27.5 Å². The van der Waals surface area contributed by atoms with Crippen LogP contribution in [0.4, 0.5) is 0 Å². The first-order valence-electron chi connectivity index (χ1n) is 4.44. The predicted molar refractivity (Wildman–Crippen MR) is 64.1 cm³/mol. The topological polar surface area (TPSA) is 12.4 Å². The van der Waals surface area contributed by atoms with Crippen LogP contribution in [-0.4, -0.2) is 5.71 Å². The van der Waals surface area contributed by atoms with E-state index in [0.717, 1.165) is 33.6 Å². The first kappa shape index (κ1) is 9.94. The summed E-state index contributed by atoms with van der Waals surface area (Å²) < 4.78 is 1.05. The lowest BCUT2D eigenvalue weighted by Crippen LogP contribution is -2.03. The minimum Gasteiger partial charge on any atom is -0.261 e. The molecule has 0 saturated carbocycles. The third-order valence-corrected chi connectivity index (χ3v) is 3.05. The Bertz CT molecular complexity index is 410. The van der Waals surface area contributed by atoms with Crippen LogP contribution in [-0.2, 0) is 0 Å². The molecule has 1 aromatic carbocycles. The highest BCUT2D eigenvalue weighted by atomic mass is 79.9. The van der Waals surface area contributed by atoms with Crippen molar-refractivity contribution in [1.82, 2.24) is 0 Å². The first-order valence-corrected chi connectivity index (χ1v) is 5.61. The lowest BCUT2D eigenvalue weighted by atomic mass is 10.0. The van der Waals surface area contributed by atoms with Crippen molar-refractivity contribution < 1.29 is 0 Å². The number of nitrogens with zero attached hydrogens (tertiary/aromatic N) is 1. The zero-order valence-corrected chi connectivity index (χ0v) is 9.85. The summed E-state index contributed by atoms with van der Waals surface area (Å²) in [5, 5.41) is 0.750. The van der Waals surface area contributed by atoms with Gasteiger partial charge in [0, 0.05) is 27.0 Å². The van der Waals surface area contributed by atoms with Gasteiger partial charge in [-0.05, 0) is 31.0 Å². The molecular formula is C11H9BrClN. The minimum absolute atomic E-state index is 0.750. The summed E-state index contributed by atoms with van der Waals surface area (Å²) in [6.07, 6.45) is 5.96. The molecule has 1 aliphatic heterocycles. The number of benzene rings is 1. The normalized spacial score (nSPS) is 15.4. The maximum absolute atomic E-state index is 5.94. The molecule has 0 atom stereocenters. The van der Waals surface area contributed by atoms with Crippen LogP contribution in [0, 0.1) is 0 Å². The molecule has 1 aromatic rings. The molecular weight excluding hydrogens is 261 g/mol. The zero-order chi connectivity index (χ0) is 9.97. The van der Waals surface area contributed by atoms with E-state index in [4.69, 9.17) is 11.6 Å². The van der Waals surface area contributed by atoms with Gasteiger partial charge in [-0.2, -0.15) is 0 Å². The average molecular weight is 271 g/mol. The zero-order valence-electron chi connectivity index (χ0n) is 7.50. The lowest BCUT2D eigenvalue weighted by molar-refractivity contribution is 1.06. The number of hydrogen-bond donors (Lipinski definition) is 0. The molecule has 0 saturated heterocycles. The molecule has 0 aliphatic carbocycles. The van der Waals surface area contributed by atoms with Crippen LogP contribution in [0.1, 0.15) is 18.4 Å². The van der Waals surface area contributed by atoms with Crippen LogP contribution in [0.15, 0.2) is 39.9 Å². The predicted octanol–water partition coefficient (Wildman–Crippen LogP) is 4.20. The smallest absolute Gasteiger partial charge is 0.0490 e. The molecule has 0 aromatic heterocycles. The average Bonchev–Trinajstić information content (AvgIpc) is 2.23. The van der Waals surface area contributed by atoms with Crippen molar-refractivity contribution in [2.24, 2.45) is 4.99 Å². The van der Waals surface area contributed by atoms with Crippen LogP contribution in [0.2, 0.25) is 5.02 Å². The quantitative estimate of drug-likeness (QED) is 0.725. The van der Waals surface area contributed by atoms with E-state index in [1.807, 2.05) is 24.4 Å². The summed E-state index contributed by atoms with van der Waals surface area (Å²) in [5.74, 6) is 0. The highest BCUT2D eigenvalue weighted by Gasteiger charge is 2.09. The fraction of sp³-hybridized carbons (Fsp3) is 0.182. The largest absolute Gasteiger partial charge is 0.261 e. The summed E-state index contributed by atoms with van der Waals surface area (Å²) in [5.41, 5.74) is 2.20. The summed E-state index contributed by atoms with van der Waals surface area (Å²) in [7, 11) is 0. The van der Waals surface area contributed by atoms with Gasteiger partial charge in [0.25, 0.3) is 0 Å². The van der Waals surface area contributed by atoms with Gasteiger partial charge in [-0.3, -0.25) is 4.99 Å². The molecule has 2 rings (SSSR count). The molecule has 0 fully saturated rings. The Kier molecular flexibility index (Phi) is 3.04. The Balaban J connectivity index is 2.44. The van der Waals surface area contributed by atoms with E-state index < -0.39 is 0 Å². The summed E-state index contributed by atoms with van der Waals surface area (Å²) in [6.45, 7) is 0. The van der Waals surface area contributed by atoms with E-state index in [1.54, 1.807) is 0 Å². The van der Waals surface area contributed by atoms with Crippen LogP contribution in [0.5, 0.6) is 0 Å². The third-order valence-electron chi connectivity index (χ3n) is 2.12. The van der Waals surface area contributed by atoms with Crippen molar-refractivity contribution in [2.45, 2.75) is 12.8 Å². The van der Waals surface area contributed by atoms with Crippen molar-refractivity contribution >= 4 is 33.2 Å². The Morgan fingerprint density at radius 2 is 2.21 bits per heavy atom. The molecule has 0 radical (unpaired) electrons. The van der Waals surface area contributed by atoms with E-state index in [1.165, 1.54) is 0 Å². The maximum atomic E-state index is 5.94. The van der Waals surface area contributed by atoms with E-state index in [9.17, 15) is 0 Å². The van der Waals surface area contributed by atoms with Crippen molar-refractivity contribution in [2.75, 3.05) is 0 Å². The van der Waals surface area contributed by atoms with Gasteiger partial charge < -0.3 is 0 Å². The fourth-order valence-electron chi connectivity index (χ4n) is 1.42. The van der Waals surface area contributed by atoms with Crippen LogP contribution < -0.4 is 0 Å². The van der Waals surface area contributed by atoms with Crippen molar-refractivity contribution in [3.05, 3.63) is 45.5 Å². The minimum atomic E-state index is 0.750. The summed E-state index contributed by atoms with van der Waals surface area (Å²) in [4.78, 5) is 4.35. The molecule has 0 bridgehead atoms. The monoisotopic (exact) mass is 269 g/mol. The second-order valence-corrected chi connectivity index (χ2v) is 4.41. The standard InChI is InChI=1S/C11H9BrClN/c12-10-5-4-8(13)7-9(10)11-3-1-2-6-14-11/h2,4-7H,1,3H2. The van der Waals surface area contributed by atoms with Crippen molar-refractivity contribution in [3.8, 4) is 0 Å². The van der Waals surface area contributed by atoms with Gasteiger partial charge in [-0.25, -0.2) is 0 Å². The molecule has 72 valence electrons. The molecule has 0 unspecified atom stereocenters. The van der Waals surface area contributed by atoms with Gasteiger partial charge in [-0.15, -0.1) is 0 Å². The van der Waals surface area contributed by atoms with Crippen molar-refractivity contribution in [3.63, 3.8) is 0 Å². The Morgan fingerprint density at radius 3 is 2.93 bits per heavy atom. The lowest BCUT2D eigenvalue weighted by Gasteiger charge is -2.09. The third kappa shape index (κ3) is 2.07. The van der Waals surface area contributed by atoms with Gasteiger partial charge in [0.15, 0.2) is 0 Å². The molecule has 1 nitrogen and oxygen atoms in total. The van der Waals surface area contributed by atoms with Crippen LogP contribution in [0.25, 0.3) is 0 Å². The molecule has 3 heteroatoms. The van der Waals surface area contributed by atoms with Crippen LogP contribution in [0.3, 0.4) is 0 Å². The van der Waals surface area contributed by atoms with Gasteiger partial charge >= 0.3 is 0 Å². The Hall–Kier alpha value is -0.600. The summed E-state index contributed by atoms with van der Waals surface area (Å²) >= 11 is 9.44. The second-order valence-electron chi connectivity index (χ2n) is 3.12. The second kappa shape index (κ2) is 4.28. The van der Waals surface area contributed by atoms with E-state index in [0.29, 0.717) is 0 Å². The van der Waals surface area contributed by atoms with E-state index in [-0.39, 0.29) is 0 Å². The van der Waals surface area contributed by atoms with E-state index >= 15 is 0 Å². The maximum Gasteiger partial charge on any atom is 0.0490 e. The fourth-order valence-corrected chi connectivity index (χ4v) is 2.07. The number of rotatable bonds is 1. The van der Waals surface area contributed by atoms with E-state index in [2.05, 4.69) is 27.0 Å². The molecule has 1 aliphatic rings. The summed E-state index contributed by atoms with van der Waals surface area (Å²) in [6, 6.07) is 5.77. The van der Waals surface area contributed by atoms with Gasteiger partial charge in [0.1, 0.15) is 0 Å². The highest BCUT2D eigenvalue weighted by Crippen LogP contribution is 2.24. The van der Waals surface area contributed by atoms with Crippen molar-refractivity contribution in [1.29, 1.82) is 0 Å². The van der Waals surface area contributed by atoms with Gasteiger partial charge in [-0.1, -0.05) is 33.6 Å². The molecule has 1 heterocycles. The van der Waals surface area contributed by atoms with Gasteiger partial charge in [0.2, 0.25) is 0 Å². The van der Waals surface area contributed by atoms with Gasteiger partial charge in [0.05, 0.1) is 0 Å². The Morgan fingerprint density at radius 1 is 1.36 bits per heavy atom. The number of allylic oxidation sites excluding steroid dienone is 1. The first-order chi connectivity index (χ1) is 6.77. The number of hydrogen-bond acceptors (Lipinski definition) is 1. The number of halogens is 2. The molecule has 0 spiro atoms. The molecule has 0 amide bonds. The molecule has 14 heavy (non-hydrogen) atoms. The molecule has 0 N–H and O–H groups in total. The Labute approximate surface area is 96.6 Å².